The van der Waals surface area contributed by atoms with Crippen LogP contribution in [-0.2, 0) is 27.7 Å². The Morgan fingerprint density at radius 1 is 1.11 bits per heavy atom. The summed E-state index contributed by atoms with van der Waals surface area (Å²) in [7, 11) is -0.0908. The van der Waals surface area contributed by atoms with Gasteiger partial charge < -0.3 is 25.2 Å². The molecule has 3 heterocycles. The van der Waals surface area contributed by atoms with E-state index in [1.54, 1.807) is 6.07 Å². The number of benzene rings is 2. The molecule has 0 saturated carbocycles. The van der Waals surface area contributed by atoms with Gasteiger partial charge >= 0.3 is 0 Å². The Morgan fingerprint density at radius 3 is 2.51 bits per heavy atom. The van der Waals surface area contributed by atoms with Crippen molar-refractivity contribution in [2.24, 2.45) is 0 Å². The number of H-pyrrole nitrogens is 1. The number of nitrogens with one attached hydrogen (secondary N) is 3. The maximum Gasteiger partial charge on any atom is 0.258 e. The van der Waals surface area contributed by atoms with Gasteiger partial charge in [-0.3, -0.25) is 9.89 Å². The van der Waals surface area contributed by atoms with Crippen molar-refractivity contribution in [2.75, 3.05) is 62.5 Å². The van der Waals surface area contributed by atoms with E-state index >= 15 is 0 Å². The van der Waals surface area contributed by atoms with Crippen LogP contribution in [0.4, 0.5) is 26.0 Å². The number of carbonyl (C=O) groups excluding carboxylic acids is 1. The van der Waals surface area contributed by atoms with Gasteiger partial charge in [0, 0.05) is 93.6 Å². The van der Waals surface area contributed by atoms with E-state index in [0.29, 0.717) is 54.3 Å². The minimum absolute atomic E-state index is 0.0875. The number of likely N-dealkylation sites (N-methyl/N-ethyl adjacent to an activating group) is 2. The fraction of sp³-hybridized carbons (Fsp3) is 0.484. The van der Waals surface area contributed by atoms with Gasteiger partial charge in [-0.1, -0.05) is 0 Å². The first-order chi connectivity index (χ1) is 21.4. The van der Waals surface area contributed by atoms with Gasteiger partial charge in [-0.25, -0.2) is 17.2 Å². The standard InChI is InChI=1S/C31H41F2N7O4S/c1-20(2)38(3)11-12-39(4)24-5-6-26(29(18-24)34-23-8-13-44-14-9-23)31(41)35-30-27-19-40(10-7-28(27)36-37-30)45(42,43)25-16-21(32)15-22(33)17-25/h5-6,15-18,20,23,34H,7-14,19H2,1-4H3,(H2,35,36,37,41). The largest absolute Gasteiger partial charge is 0.381 e. The zero-order valence-electron chi connectivity index (χ0n) is 26.1. The van der Waals surface area contributed by atoms with Crippen LogP contribution >= 0.6 is 0 Å². The molecular weight excluding hydrogens is 604 g/mol. The quantitative estimate of drug-likeness (QED) is 0.286. The van der Waals surface area contributed by atoms with Crippen molar-refractivity contribution in [1.82, 2.24) is 19.4 Å². The van der Waals surface area contributed by atoms with Crippen molar-refractivity contribution in [1.29, 1.82) is 0 Å². The zero-order chi connectivity index (χ0) is 32.3. The molecule has 1 amide bonds. The summed E-state index contributed by atoms with van der Waals surface area (Å²) in [6, 6.07) is 8.45. The predicted molar refractivity (Wildman–Crippen MR) is 169 cm³/mol. The van der Waals surface area contributed by atoms with Crippen LogP contribution in [0.1, 0.15) is 48.3 Å². The second-order valence-corrected chi connectivity index (χ2v) is 13.9. The normalized spacial score (nSPS) is 16.2. The molecule has 1 aromatic heterocycles. The van der Waals surface area contributed by atoms with Crippen LogP contribution in [0, 0.1) is 11.6 Å². The highest BCUT2D eigenvalue weighted by molar-refractivity contribution is 7.89. The van der Waals surface area contributed by atoms with E-state index in [1.165, 1.54) is 0 Å². The number of halogens is 2. The Morgan fingerprint density at radius 2 is 1.82 bits per heavy atom. The molecule has 2 aliphatic heterocycles. The van der Waals surface area contributed by atoms with Crippen molar-refractivity contribution in [3.05, 3.63) is 64.9 Å². The van der Waals surface area contributed by atoms with Crippen molar-refractivity contribution in [2.45, 2.75) is 56.6 Å². The molecule has 2 aliphatic rings. The lowest BCUT2D eigenvalue weighted by Gasteiger charge is -2.28. The number of nitrogens with zero attached hydrogens (tertiary/aromatic N) is 4. The van der Waals surface area contributed by atoms with Gasteiger partial charge in [-0.15, -0.1) is 0 Å². The number of carbonyl (C=O) groups is 1. The lowest BCUT2D eigenvalue weighted by Crippen LogP contribution is -2.36. The van der Waals surface area contributed by atoms with E-state index < -0.39 is 32.5 Å². The number of anilines is 3. The summed E-state index contributed by atoms with van der Waals surface area (Å²) in [5.41, 5.74) is 3.25. The van der Waals surface area contributed by atoms with Gasteiger partial charge in [0.25, 0.3) is 5.91 Å². The summed E-state index contributed by atoms with van der Waals surface area (Å²) in [5, 5.41) is 13.6. The molecule has 1 fully saturated rings. The number of aromatic amines is 1. The van der Waals surface area contributed by atoms with Gasteiger partial charge in [-0.05, 0) is 64.1 Å². The first-order valence-electron chi connectivity index (χ1n) is 15.2. The molecule has 45 heavy (non-hydrogen) atoms. The number of hydrogen-bond acceptors (Lipinski definition) is 8. The van der Waals surface area contributed by atoms with Gasteiger partial charge in [0.15, 0.2) is 5.82 Å². The second kappa shape index (κ2) is 13.8. The van der Waals surface area contributed by atoms with E-state index in [4.69, 9.17) is 4.74 Å². The van der Waals surface area contributed by atoms with Crippen molar-refractivity contribution in [3.8, 4) is 0 Å². The van der Waals surface area contributed by atoms with Crippen molar-refractivity contribution in [3.63, 3.8) is 0 Å². The molecule has 0 atom stereocenters. The molecule has 5 rings (SSSR count). The van der Waals surface area contributed by atoms with E-state index in [1.807, 2.05) is 19.2 Å². The summed E-state index contributed by atoms with van der Waals surface area (Å²) in [5.74, 6) is -2.16. The molecule has 0 spiro atoms. The van der Waals surface area contributed by atoms with Crippen molar-refractivity contribution < 1.29 is 26.7 Å². The first-order valence-corrected chi connectivity index (χ1v) is 16.6. The molecule has 3 aromatic rings. The average Bonchev–Trinajstić information content (AvgIpc) is 3.41. The molecule has 244 valence electrons. The van der Waals surface area contributed by atoms with Crippen LogP contribution in [0.2, 0.25) is 0 Å². The molecule has 1 saturated heterocycles. The van der Waals surface area contributed by atoms with E-state index in [2.05, 4.69) is 51.5 Å². The summed E-state index contributed by atoms with van der Waals surface area (Å²) in [6.07, 6.45) is 1.91. The highest BCUT2D eigenvalue weighted by Gasteiger charge is 2.32. The number of hydrogen-bond donors (Lipinski definition) is 3. The van der Waals surface area contributed by atoms with E-state index in [-0.39, 0.29) is 24.9 Å². The predicted octanol–water partition coefficient (Wildman–Crippen LogP) is 4.05. The summed E-state index contributed by atoms with van der Waals surface area (Å²) >= 11 is 0. The number of fused-ring (bicyclic) bond motifs is 1. The minimum atomic E-state index is -4.21. The number of rotatable bonds is 11. The van der Waals surface area contributed by atoms with Crippen LogP contribution in [0.5, 0.6) is 0 Å². The molecule has 11 nitrogen and oxygen atoms in total. The van der Waals surface area contributed by atoms with Gasteiger partial charge in [0.1, 0.15) is 11.6 Å². The summed E-state index contributed by atoms with van der Waals surface area (Å²) < 4.78 is 60.8. The fourth-order valence-corrected chi connectivity index (χ4v) is 6.88. The molecule has 0 bridgehead atoms. The minimum Gasteiger partial charge on any atom is -0.381 e. The van der Waals surface area contributed by atoms with Crippen LogP contribution in [0.3, 0.4) is 0 Å². The Labute approximate surface area is 263 Å². The van der Waals surface area contributed by atoms with Gasteiger partial charge in [0.05, 0.1) is 10.5 Å². The summed E-state index contributed by atoms with van der Waals surface area (Å²) in [6.45, 7) is 7.24. The first kappa shape index (κ1) is 32.8. The number of sulfonamides is 1. The van der Waals surface area contributed by atoms with E-state index in [0.717, 1.165) is 48.1 Å². The lowest BCUT2D eigenvalue weighted by atomic mass is 10.1. The third-order valence-electron chi connectivity index (χ3n) is 8.54. The molecule has 14 heteroatoms. The SMILES string of the molecule is CC(C)N(C)CCN(C)c1ccc(C(=O)Nc2n[nH]c3c2CN(S(=O)(=O)c2cc(F)cc(F)c2)CC3)c(NC2CCOCC2)c1. The number of aromatic nitrogens is 2. The topological polar surface area (TPSA) is 123 Å². The van der Waals surface area contributed by atoms with Crippen LogP contribution < -0.4 is 15.5 Å². The Balaban J connectivity index is 1.37. The van der Waals surface area contributed by atoms with Crippen LogP contribution in [0.15, 0.2) is 41.3 Å². The highest BCUT2D eigenvalue weighted by Crippen LogP contribution is 2.31. The zero-order valence-corrected chi connectivity index (χ0v) is 26.9. The van der Waals surface area contributed by atoms with Crippen LogP contribution in [-0.4, -0.2) is 92.8 Å². The highest BCUT2D eigenvalue weighted by atomic mass is 32.2. The lowest BCUT2D eigenvalue weighted by molar-refractivity contribution is 0.0904. The Bertz CT molecular complexity index is 1610. The molecule has 3 N–H and O–H groups in total. The smallest absolute Gasteiger partial charge is 0.258 e. The maximum atomic E-state index is 13.8. The Hall–Kier alpha value is -3.59. The maximum absolute atomic E-state index is 13.8. The molecule has 0 radical (unpaired) electrons. The van der Waals surface area contributed by atoms with Crippen LogP contribution in [0.25, 0.3) is 0 Å². The average molecular weight is 646 g/mol. The molecule has 2 aromatic carbocycles. The summed E-state index contributed by atoms with van der Waals surface area (Å²) in [4.78, 5) is 17.7. The molecular formula is C31H41F2N7O4S. The molecule has 0 aliphatic carbocycles. The van der Waals surface area contributed by atoms with Crippen molar-refractivity contribution >= 4 is 33.1 Å². The van der Waals surface area contributed by atoms with E-state index in [9.17, 15) is 22.0 Å². The van der Waals surface area contributed by atoms with Gasteiger partial charge in [0.2, 0.25) is 10.0 Å². The fourth-order valence-electron chi connectivity index (χ4n) is 5.42. The third kappa shape index (κ3) is 7.63. The second-order valence-electron chi connectivity index (χ2n) is 11.9. The molecule has 0 unspecified atom stereocenters. The number of ether oxygens (including phenoxy) is 1. The Kier molecular flexibility index (Phi) is 10.1. The number of amides is 1. The van der Waals surface area contributed by atoms with Gasteiger partial charge in [-0.2, -0.15) is 9.40 Å². The monoisotopic (exact) mass is 645 g/mol. The third-order valence-corrected chi connectivity index (χ3v) is 10.4.